The molecule has 0 N–H and O–H groups in total. The fourth-order valence-electron chi connectivity index (χ4n) is 6.70. The van der Waals surface area contributed by atoms with Gasteiger partial charge in [-0.3, -0.25) is 0 Å². The fraction of sp³-hybridized carbons (Fsp3) is 0. The van der Waals surface area contributed by atoms with Crippen molar-refractivity contribution < 1.29 is 0 Å². The molecule has 0 saturated heterocycles. The van der Waals surface area contributed by atoms with Gasteiger partial charge in [0.15, 0.2) is 5.69 Å². The van der Waals surface area contributed by atoms with Crippen LogP contribution in [0.1, 0.15) is 5.56 Å². The average Bonchev–Trinajstić information content (AvgIpc) is 3.71. The molecule has 0 amide bonds. The minimum atomic E-state index is 0.646. The lowest BCUT2D eigenvalue weighted by molar-refractivity contribution is 1.17. The maximum Gasteiger partial charge on any atom is 0.188 e. The van der Waals surface area contributed by atoms with Crippen molar-refractivity contribution in [2.45, 2.75) is 0 Å². The number of para-hydroxylation sites is 2. The highest BCUT2D eigenvalue weighted by molar-refractivity contribution is 7.26. The molecule has 3 heterocycles. The van der Waals surface area contributed by atoms with Crippen LogP contribution in [-0.2, 0) is 0 Å². The van der Waals surface area contributed by atoms with E-state index < -0.39 is 0 Å². The molecule has 3 aromatic heterocycles. The molecule has 0 bridgehead atoms. The Bertz CT molecular complexity index is 2710. The van der Waals surface area contributed by atoms with Crippen LogP contribution in [0.3, 0.4) is 0 Å². The first-order valence-corrected chi connectivity index (χ1v) is 14.9. The summed E-state index contributed by atoms with van der Waals surface area (Å²) in [5.41, 5.74) is 8.04. The minimum Gasteiger partial charge on any atom is -0.309 e. The van der Waals surface area contributed by atoms with Crippen LogP contribution >= 0.6 is 11.3 Å². The Balaban J connectivity index is 1.32. The summed E-state index contributed by atoms with van der Waals surface area (Å²) in [6, 6.07) is 44.6. The quantitative estimate of drug-likeness (QED) is 0.192. The van der Waals surface area contributed by atoms with E-state index in [4.69, 9.17) is 6.57 Å². The van der Waals surface area contributed by atoms with Crippen LogP contribution < -0.4 is 0 Å². The van der Waals surface area contributed by atoms with Crippen LogP contribution in [0.4, 0.5) is 5.69 Å². The summed E-state index contributed by atoms with van der Waals surface area (Å²) in [4.78, 5) is 3.68. The molecule has 9 rings (SSSR count). The molecular weight excluding hydrogens is 545 g/mol. The van der Waals surface area contributed by atoms with Crippen molar-refractivity contribution in [3.8, 4) is 17.4 Å². The van der Waals surface area contributed by atoms with Crippen molar-refractivity contribution in [1.82, 2.24) is 9.13 Å². The summed E-state index contributed by atoms with van der Waals surface area (Å²) in [6.45, 7) is 7.54. The number of hydrogen-bond acceptors (Lipinski definition) is 2. The fourth-order valence-corrected chi connectivity index (χ4v) is 7.85. The van der Waals surface area contributed by atoms with Gasteiger partial charge in [-0.25, -0.2) is 4.85 Å². The summed E-state index contributed by atoms with van der Waals surface area (Å²) < 4.78 is 6.87. The standard InChI is InChI=1S/C38H20N4S/c1-40-24-13-16-35-30(19-24)27-8-2-4-11-33(27)41(35)25-14-17-36-31(20-25)28-9-3-5-12-34(28)42(36)26-15-18-37-32(21-26)29-10-6-7-23(22-39)38(29)43-37/h2-21H. The molecule has 9 aromatic rings. The molecule has 4 nitrogen and oxygen atoms in total. The molecule has 0 aliphatic rings. The number of rotatable bonds is 2. The summed E-state index contributed by atoms with van der Waals surface area (Å²) >= 11 is 1.68. The lowest BCUT2D eigenvalue weighted by Gasteiger charge is -2.11. The number of thiophene rings is 1. The zero-order chi connectivity index (χ0) is 28.7. The van der Waals surface area contributed by atoms with E-state index in [1.54, 1.807) is 11.3 Å². The molecule has 0 spiro atoms. The largest absolute Gasteiger partial charge is 0.309 e. The van der Waals surface area contributed by atoms with E-state index >= 15 is 0 Å². The zero-order valence-corrected chi connectivity index (χ0v) is 23.6. The highest BCUT2D eigenvalue weighted by Crippen LogP contribution is 2.40. The van der Waals surface area contributed by atoms with Gasteiger partial charge in [-0.1, -0.05) is 54.6 Å². The van der Waals surface area contributed by atoms with Gasteiger partial charge in [0, 0.05) is 43.0 Å². The molecule has 0 unspecified atom stereocenters. The average molecular weight is 565 g/mol. The summed E-state index contributed by atoms with van der Waals surface area (Å²) in [7, 11) is 0. The molecular formula is C38H20N4S. The number of nitriles is 1. The van der Waals surface area contributed by atoms with Crippen LogP contribution in [-0.4, -0.2) is 9.13 Å². The third-order valence-electron chi connectivity index (χ3n) is 8.56. The Morgan fingerprint density at radius 1 is 0.558 bits per heavy atom. The van der Waals surface area contributed by atoms with Crippen LogP contribution in [0.2, 0.25) is 0 Å². The van der Waals surface area contributed by atoms with Gasteiger partial charge in [0.05, 0.1) is 38.9 Å². The number of aromatic nitrogens is 2. The normalized spacial score (nSPS) is 11.7. The smallest absolute Gasteiger partial charge is 0.188 e. The predicted octanol–water partition coefficient (Wildman–Crippen LogP) is 10.7. The maximum absolute atomic E-state index is 9.67. The van der Waals surface area contributed by atoms with E-state index in [-0.39, 0.29) is 0 Å². The first-order valence-electron chi connectivity index (χ1n) is 14.0. The lowest BCUT2D eigenvalue weighted by Crippen LogP contribution is -1.95. The molecule has 0 atom stereocenters. The molecule has 5 heteroatoms. The van der Waals surface area contributed by atoms with Crippen molar-refractivity contribution >= 4 is 80.8 Å². The lowest BCUT2D eigenvalue weighted by atomic mass is 10.1. The molecule has 0 fully saturated rings. The van der Waals surface area contributed by atoms with Crippen LogP contribution in [0.15, 0.2) is 121 Å². The SMILES string of the molecule is [C-]#[N+]c1ccc2c(c1)c1ccccc1n2-c1ccc2c(c1)c1ccccc1n2-c1ccc2sc3c(C#N)cccc3c2c1. The van der Waals surface area contributed by atoms with E-state index in [0.29, 0.717) is 5.69 Å². The second-order valence-electron chi connectivity index (χ2n) is 10.8. The van der Waals surface area contributed by atoms with Crippen molar-refractivity contribution in [1.29, 1.82) is 5.26 Å². The van der Waals surface area contributed by atoms with Crippen molar-refractivity contribution in [2.24, 2.45) is 0 Å². The topological polar surface area (TPSA) is 38.0 Å². The van der Waals surface area contributed by atoms with Crippen LogP contribution in [0, 0.1) is 17.9 Å². The van der Waals surface area contributed by atoms with Gasteiger partial charge >= 0.3 is 0 Å². The second-order valence-corrected chi connectivity index (χ2v) is 11.8. The third kappa shape index (κ3) is 3.29. The van der Waals surface area contributed by atoms with Crippen LogP contribution in [0.5, 0.6) is 0 Å². The Morgan fingerprint density at radius 2 is 1.14 bits per heavy atom. The van der Waals surface area contributed by atoms with Crippen molar-refractivity contribution in [3.05, 3.63) is 138 Å². The van der Waals surface area contributed by atoms with Crippen molar-refractivity contribution in [3.63, 3.8) is 0 Å². The number of fused-ring (bicyclic) bond motifs is 9. The first kappa shape index (κ1) is 23.8. The first-order chi connectivity index (χ1) is 21.2. The van der Waals surface area contributed by atoms with E-state index in [1.165, 1.54) is 20.9 Å². The van der Waals surface area contributed by atoms with Crippen LogP contribution in [0.25, 0.3) is 80.0 Å². The Kier molecular flexibility index (Phi) is 4.87. The summed E-state index contributed by atoms with van der Waals surface area (Å²) in [6.07, 6.45) is 0. The van der Waals surface area contributed by atoms with E-state index in [2.05, 4.69) is 117 Å². The second kappa shape index (κ2) is 8.81. The predicted molar refractivity (Wildman–Crippen MR) is 179 cm³/mol. The van der Waals surface area contributed by atoms with Gasteiger partial charge in [0.1, 0.15) is 6.07 Å². The van der Waals surface area contributed by atoms with Crippen molar-refractivity contribution in [2.75, 3.05) is 0 Å². The van der Waals surface area contributed by atoms with Gasteiger partial charge in [-0.15, -0.1) is 11.3 Å². The molecule has 0 aliphatic carbocycles. The van der Waals surface area contributed by atoms with E-state index in [9.17, 15) is 5.26 Å². The number of hydrogen-bond donors (Lipinski definition) is 0. The number of nitrogens with zero attached hydrogens (tertiary/aromatic N) is 4. The van der Waals surface area contributed by atoms with E-state index in [1.807, 2.05) is 24.3 Å². The van der Waals surface area contributed by atoms with Gasteiger partial charge < -0.3 is 9.13 Å². The highest BCUT2D eigenvalue weighted by atomic mass is 32.1. The van der Waals surface area contributed by atoms with Gasteiger partial charge in [-0.2, -0.15) is 5.26 Å². The molecule has 0 radical (unpaired) electrons. The van der Waals surface area contributed by atoms with E-state index in [0.717, 1.165) is 59.9 Å². The Labute approximate surface area is 250 Å². The minimum absolute atomic E-state index is 0.646. The maximum atomic E-state index is 9.67. The summed E-state index contributed by atoms with van der Waals surface area (Å²) in [5.74, 6) is 0. The molecule has 0 aliphatic heterocycles. The Morgan fingerprint density at radius 3 is 1.84 bits per heavy atom. The monoisotopic (exact) mass is 564 g/mol. The molecule has 43 heavy (non-hydrogen) atoms. The molecule has 0 saturated carbocycles. The van der Waals surface area contributed by atoms with Gasteiger partial charge in [0.25, 0.3) is 0 Å². The summed E-state index contributed by atoms with van der Waals surface area (Å²) in [5, 5.41) is 16.6. The highest BCUT2D eigenvalue weighted by Gasteiger charge is 2.17. The molecule has 6 aromatic carbocycles. The van der Waals surface area contributed by atoms with Gasteiger partial charge in [0.2, 0.25) is 0 Å². The molecule has 198 valence electrons. The zero-order valence-electron chi connectivity index (χ0n) is 22.7. The third-order valence-corrected chi connectivity index (χ3v) is 9.78. The van der Waals surface area contributed by atoms with Gasteiger partial charge in [-0.05, 0) is 72.1 Å². The number of benzene rings is 6. The Hall–Kier alpha value is -5.88.